The van der Waals surface area contributed by atoms with Crippen LogP contribution in [0.4, 0.5) is 0 Å². The first-order chi connectivity index (χ1) is 9.53. The Balaban J connectivity index is 2.57. The van der Waals surface area contributed by atoms with Crippen LogP contribution in [0.2, 0.25) is 0 Å². The molecule has 0 spiro atoms. The lowest BCUT2D eigenvalue weighted by molar-refractivity contribution is -0.124. The Bertz CT molecular complexity index is 295. The molecule has 0 aliphatic carbocycles. The molecule has 1 aliphatic heterocycles. The summed E-state index contributed by atoms with van der Waals surface area (Å²) in [6.45, 7) is 9.30. The molecular formula is C16H33N3O. The van der Waals surface area contributed by atoms with Crippen molar-refractivity contribution in [3.8, 4) is 0 Å². The first kappa shape index (κ1) is 17.4. The van der Waals surface area contributed by atoms with Gasteiger partial charge in [-0.25, -0.2) is 0 Å². The number of nitrogens with two attached hydrogens (primary N) is 1. The zero-order valence-electron chi connectivity index (χ0n) is 13.6. The number of primary amides is 1. The molecule has 0 aromatic carbocycles. The summed E-state index contributed by atoms with van der Waals surface area (Å²) in [5.74, 6) is -0.228. The number of nitrogens with one attached hydrogen (secondary N) is 1. The summed E-state index contributed by atoms with van der Waals surface area (Å²) >= 11 is 0. The van der Waals surface area contributed by atoms with Gasteiger partial charge in [-0.2, -0.15) is 0 Å². The minimum absolute atomic E-state index is 0.228. The van der Waals surface area contributed by atoms with Gasteiger partial charge in [0.2, 0.25) is 5.91 Å². The van der Waals surface area contributed by atoms with Crippen molar-refractivity contribution in [3.05, 3.63) is 0 Å². The third kappa shape index (κ3) is 5.06. The quantitative estimate of drug-likeness (QED) is 0.718. The predicted molar refractivity (Wildman–Crippen MR) is 84.6 cm³/mol. The van der Waals surface area contributed by atoms with E-state index in [1.165, 1.54) is 38.6 Å². The topological polar surface area (TPSA) is 58.4 Å². The third-order valence-electron chi connectivity index (χ3n) is 4.68. The van der Waals surface area contributed by atoms with Gasteiger partial charge in [-0.05, 0) is 52.1 Å². The van der Waals surface area contributed by atoms with E-state index in [0.29, 0.717) is 6.04 Å². The number of nitrogens with zero attached hydrogens (tertiary/aromatic N) is 1. The molecule has 0 bridgehead atoms. The minimum Gasteiger partial charge on any atom is -0.368 e. The lowest BCUT2D eigenvalue weighted by Crippen LogP contribution is -2.55. The molecule has 118 valence electrons. The SMILES string of the molecule is CCCNC(C)(CCN1CCCCCC1CC)C(N)=O. The zero-order valence-corrected chi connectivity index (χ0v) is 13.6. The van der Waals surface area contributed by atoms with E-state index < -0.39 is 5.54 Å². The fourth-order valence-electron chi connectivity index (χ4n) is 3.06. The van der Waals surface area contributed by atoms with Crippen molar-refractivity contribution in [2.45, 2.75) is 77.3 Å². The molecule has 1 fully saturated rings. The summed E-state index contributed by atoms with van der Waals surface area (Å²) in [4.78, 5) is 14.3. The normalized spacial score (nSPS) is 24.1. The molecule has 1 aliphatic rings. The number of amides is 1. The monoisotopic (exact) mass is 283 g/mol. The highest BCUT2D eigenvalue weighted by Crippen LogP contribution is 2.21. The highest BCUT2D eigenvalue weighted by molar-refractivity contribution is 5.84. The summed E-state index contributed by atoms with van der Waals surface area (Å²) in [5, 5.41) is 3.33. The molecule has 4 nitrogen and oxygen atoms in total. The molecule has 1 rings (SSSR count). The van der Waals surface area contributed by atoms with E-state index in [4.69, 9.17) is 5.73 Å². The molecule has 3 N–H and O–H groups in total. The van der Waals surface area contributed by atoms with Crippen LogP contribution in [-0.2, 0) is 4.79 Å². The Morgan fingerprint density at radius 2 is 2.10 bits per heavy atom. The largest absolute Gasteiger partial charge is 0.368 e. The molecule has 1 amide bonds. The average Bonchev–Trinajstić information content (AvgIpc) is 2.67. The second kappa shape index (κ2) is 8.63. The van der Waals surface area contributed by atoms with E-state index in [1.807, 2.05) is 6.92 Å². The molecule has 2 unspecified atom stereocenters. The minimum atomic E-state index is -0.569. The maximum absolute atomic E-state index is 11.8. The Morgan fingerprint density at radius 3 is 2.70 bits per heavy atom. The third-order valence-corrected chi connectivity index (χ3v) is 4.68. The zero-order chi connectivity index (χ0) is 15.0. The van der Waals surface area contributed by atoms with Crippen LogP contribution in [-0.4, -0.2) is 42.0 Å². The van der Waals surface area contributed by atoms with Crippen LogP contribution in [0.25, 0.3) is 0 Å². The van der Waals surface area contributed by atoms with Crippen LogP contribution < -0.4 is 11.1 Å². The van der Waals surface area contributed by atoms with E-state index >= 15 is 0 Å². The van der Waals surface area contributed by atoms with Crippen molar-refractivity contribution in [3.63, 3.8) is 0 Å². The van der Waals surface area contributed by atoms with Gasteiger partial charge in [-0.3, -0.25) is 4.79 Å². The molecule has 20 heavy (non-hydrogen) atoms. The van der Waals surface area contributed by atoms with Crippen LogP contribution in [0, 0.1) is 0 Å². The number of hydrogen-bond donors (Lipinski definition) is 2. The molecular weight excluding hydrogens is 250 g/mol. The first-order valence-corrected chi connectivity index (χ1v) is 8.32. The van der Waals surface area contributed by atoms with Crippen molar-refractivity contribution in [2.24, 2.45) is 5.73 Å². The maximum atomic E-state index is 11.8. The van der Waals surface area contributed by atoms with Gasteiger partial charge in [0.1, 0.15) is 0 Å². The van der Waals surface area contributed by atoms with Crippen LogP contribution in [0.5, 0.6) is 0 Å². The smallest absolute Gasteiger partial charge is 0.237 e. The number of hydrogen-bond acceptors (Lipinski definition) is 3. The van der Waals surface area contributed by atoms with E-state index in [1.54, 1.807) is 0 Å². The summed E-state index contributed by atoms with van der Waals surface area (Å²) in [6, 6.07) is 0.681. The van der Waals surface area contributed by atoms with Crippen LogP contribution in [0.3, 0.4) is 0 Å². The standard InChI is InChI=1S/C16H33N3O/c1-4-11-18-16(3,15(17)20)10-13-19-12-8-6-7-9-14(19)5-2/h14,18H,4-13H2,1-3H3,(H2,17,20). The predicted octanol–water partition coefficient (Wildman–Crippen LogP) is 2.27. The van der Waals surface area contributed by atoms with E-state index in [-0.39, 0.29) is 5.91 Å². The number of carbonyl (C=O) groups excluding carboxylic acids is 1. The first-order valence-electron chi connectivity index (χ1n) is 8.32. The second-order valence-electron chi connectivity index (χ2n) is 6.32. The van der Waals surface area contributed by atoms with Gasteiger partial charge in [0.15, 0.2) is 0 Å². The van der Waals surface area contributed by atoms with Gasteiger partial charge in [-0.15, -0.1) is 0 Å². The number of likely N-dealkylation sites (tertiary alicyclic amines) is 1. The fraction of sp³-hybridized carbons (Fsp3) is 0.938. The highest BCUT2D eigenvalue weighted by atomic mass is 16.1. The van der Waals surface area contributed by atoms with Gasteiger partial charge in [-0.1, -0.05) is 26.7 Å². The van der Waals surface area contributed by atoms with Crippen molar-refractivity contribution in [2.75, 3.05) is 19.6 Å². The Hall–Kier alpha value is -0.610. The molecule has 2 atom stereocenters. The molecule has 0 aromatic rings. The van der Waals surface area contributed by atoms with Gasteiger partial charge in [0, 0.05) is 12.6 Å². The number of rotatable bonds is 8. The molecule has 0 radical (unpaired) electrons. The Kier molecular flexibility index (Phi) is 7.52. The van der Waals surface area contributed by atoms with Crippen molar-refractivity contribution in [1.29, 1.82) is 0 Å². The van der Waals surface area contributed by atoms with Gasteiger partial charge in [0.25, 0.3) is 0 Å². The van der Waals surface area contributed by atoms with Crippen molar-refractivity contribution in [1.82, 2.24) is 10.2 Å². The Morgan fingerprint density at radius 1 is 1.35 bits per heavy atom. The van der Waals surface area contributed by atoms with Gasteiger partial charge in [0.05, 0.1) is 5.54 Å². The van der Waals surface area contributed by atoms with E-state index in [0.717, 1.165) is 25.9 Å². The molecule has 4 heteroatoms. The molecule has 1 heterocycles. The van der Waals surface area contributed by atoms with Crippen molar-refractivity contribution < 1.29 is 4.79 Å². The summed E-state index contributed by atoms with van der Waals surface area (Å²) in [5.41, 5.74) is 5.04. The van der Waals surface area contributed by atoms with Gasteiger partial charge >= 0.3 is 0 Å². The summed E-state index contributed by atoms with van der Waals surface area (Å²) in [6.07, 6.45) is 8.29. The summed E-state index contributed by atoms with van der Waals surface area (Å²) in [7, 11) is 0. The van der Waals surface area contributed by atoms with Crippen LogP contribution in [0.15, 0.2) is 0 Å². The lowest BCUT2D eigenvalue weighted by atomic mass is 9.95. The van der Waals surface area contributed by atoms with E-state index in [9.17, 15) is 4.79 Å². The average molecular weight is 283 g/mol. The van der Waals surface area contributed by atoms with Crippen LogP contribution >= 0.6 is 0 Å². The maximum Gasteiger partial charge on any atom is 0.237 e. The summed E-state index contributed by atoms with van der Waals surface area (Å²) < 4.78 is 0. The number of carbonyl (C=O) groups is 1. The van der Waals surface area contributed by atoms with Gasteiger partial charge < -0.3 is 16.0 Å². The molecule has 0 aromatic heterocycles. The highest BCUT2D eigenvalue weighted by Gasteiger charge is 2.31. The van der Waals surface area contributed by atoms with E-state index in [2.05, 4.69) is 24.1 Å². The van der Waals surface area contributed by atoms with Crippen LogP contribution in [0.1, 0.15) is 65.7 Å². The Labute approximate surface area is 124 Å². The molecule has 0 saturated carbocycles. The lowest BCUT2D eigenvalue weighted by Gasteiger charge is -2.34. The second-order valence-corrected chi connectivity index (χ2v) is 6.32. The van der Waals surface area contributed by atoms with Crippen molar-refractivity contribution >= 4 is 5.91 Å². The molecule has 1 saturated heterocycles. The fourth-order valence-corrected chi connectivity index (χ4v) is 3.06.